The van der Waals surface area contributed by atoms with Crippen molar-refractivity contribution in [3.05, 3.63) is 34.9 Å². The zero-order valence-electron chi connectivity index (χ0n) is 8.38. The van der Waals surface area contributed by atoms with Crippen LogP contribution in [0.1, 0.15) is 30.6 Å². The largest absolute Gasteiger partial charge is 0.350 e. The van der Waals surface area contributed by atoms with Crippen molar-refractivity contribution >= 4 is 17.5 Å². The molecule has 0 unspecified atom stereocenters. The standard InChI is InChI=1S/C11H14ClNO/c1-3-8(2)13-11(14)9-6-4-5-7-10(9)12/h4-8H,3H2,1-2H3,(H,13,14)/t8-/m1/s1. The summed E-state index contributed by atoms with van der Waals surface area (Å²) < 4.78 is 0. The van der Waals surface area contributed by atoms with Gasteiger partial charge in [-0.25, -0.2) is 0 Å². The average Bonchev–Trinajstić information content (AvgIpc) is 2.18. The van der Waals surface area contributed by atoms with E-state index in [4.69, 9.17) is 11.6 Å². The van der Waals surface area contributed by atoms with Gasteiger partial charge in [0.1, 0.15) is 0 Å². The highest BCUT2D eigenvalue weighted by Gasteiger charge is 2.10. The summed E-state index contributed by atoms with van der Waals surface area (Å²) in [6.07, 6.45) is 0.913. The van der Waals surface area contributed by atoms with Crippen molar-refractivity contribution in [1.82, 2.24) is 5.32 Å². The van der Waals surface area contributed by atoms with Gasteiger partial charge in [-0.3, -0.25) is 4.79 Å². The Bertz CT molecular complexity index is 325. The molecule has 0 aliphatic heterocycles. The summed E-state index contributed by atoms with van der Waals surface area (Å²) in [5.74, 6) is -0.107. The summed E-state index contributed by atoms with van der Waals surface area (Å²) in [4.78, 5) is 11.6. The van der Waals surface area contributed by atoms with Gasteiger partial charge in [0, 0.05) is 6.04 Å². The molecule has 1 aromatic carbocycles. The number of rotatable bonds is 3. The second-order valence-electron chi connectivity index (χ2n) is 3.26. The normalized spacial score (nSPS) is 12.2. The van der Waals surface area contributed by atoms with Gasteiger partial charge in [-0.2, -0.15) is 0 Å². The van der Waals surface area contributed by atoms with E-state index in [1.165, 1.54) is 0 Å². The second kappa shape index (κ2) is 5.01. The highest BCUT2D eigenvalue weighted by Crippen LogP contribution is 2.14. The molecule has 0 aromatic heterocycles. The zero-order chi connectivity index (χ0) is 10.6. The van der Waals surface area contributed by atoms with Gasteiger partial charge in [0.15, 0.2) is 0 Å². The molecule has 0 aliphatic carbocycles. The van der Waals surface area contributed by atoms with Crippen LogP contribution in [0.25, 0.3) is 0 Å². The Balaban J connectivity index is 2.75. The maximum absolute atomic E-state index is 11.6. The minimum atomic E-state index is -0.107. The number of hydrogen-bond donors (Lipinski definition) is 1. The molecule has 3 heteroatoms. The number of benzene rings is 1. The fourth-order valence-corrected chi connectivity index (χ4v) is 1.27. The lowest BCUT2D eigenvalue weighted by molar-refractivity contribution is 0.0939. The first-order valence-corrected chi connectivity index (χ1v) is 5.08. The van der Waals surface area contributed by atoms with E-state index in [2.05, 4.69) is 5.32 Å². The van der Waals surface area contributed by atoms with Gasteiger partial charge in [-0.05, 0) is 25.5 Å². The first-order valence-electron chi connectivity index (χ1n) is 4.70. The zero-order valence-corrected chi connectivity index (χ0v) is 9.14. The van der Waals surface area contributed by atoms with E-state index in [0.717, 1.165) is 6.42 Å². The summed E-state index contributed by atoms with van der Waals surface area (Å²) >= 11 is 5.88. The maximum Gasteiger partial charge on any atom is 0.252 e. The third-order valence-corrected chi connectivity index (χ3v) is 2.44. The van der Waals surface area contributed by atoms with Gasteiger partial charge in [-0.15, -0.1) is 0 Å². The van der Waals surface area contributed by atoms with Crippen molar-refractivity contribution in [2.24, 2.45) is 0 Å². The fourth-order valence-electron chi connectivity index (χ4n) is 1.05. The molecule has 1 rings (SSSR count). The topological polar surface area (TPSA) is 29.1 Å². The number of carbonyl (C=O) groups is 1. The molecule has 0 radical (unpaired) electrons. The molecule has 0 aliphatic rings. The Morgan fingerprint density at radius 2 is 2.14 bits per heavy atom. The molecule has 1 aromatic rings. The minimum Gasteiger partial charge on any atom is -0.350 e. The fraction of sp³-hybridized carbons (Fsp3) is 0.364. The highest BCUT2D eigenvalue weighted by molar-refractivity contribution is 6.33. The Morgan fingerprint density at radius 3 is 2.71 bits per heavy atom. The van der Waals surface area contributed by atoms with Crippen molar-refractivity contribution in [2.45, 2.75) is 26.3 Å². The highest BCUT2D eigenvalue weighted by atomic mass is 35.5. The number of amides is 1. The SMILES string of the molecule is CC[C@@H](C)NC(=O)c1ccccc1Cl. The predicted molar refractivity (Wildman–Crippen MR) is 58.7 cm³/mol. The average molecular weight is 212 g/mol. The van der Waals surface area contributed by atoms with Gasteiger partial charge in [0.25, 0.3) is 5.91 Å². The molecule has 0 spiro atoms. The molecule has 0 saturated carbocycles. The summed E-state index contributed by atoms with van der Waals surface area (Å²) in [7, 11) is 0. The lowest BCUT2D eigenvalue weighted by Gasteiger charge is -2.11. The van der Waals surface area contributed by atoms with E-state index in [9.17, 15) is 4.79 Å². The summed E-state index contributed by atoms with van der Waals surface area (Å²) in [5, 5.41) is 3.36. The molecular weight excluding hydrogens is 198 g/mol. The van der Waals surface area contributed by atoms with Gasteiger partial charge < -0.3 is 5.32 Å². The van der Waals surface area contributed by atoms with Crippen LogP contribution in [0, 0.1) is 0 Å². The predicted octanol–water partition coefficient (Wildman–Crippen LogP) is 2.87. The van der Waals surface area contributed by atoms with Crippen LogP contribution in [0.5, 0.6) is 0 Å². The Hall–Kier alpha value is -1.02. The number of halogens is 1. The third kappa shape index (κ3) is 2.74. The maximum atomic E-state index is 11.6. The molecule has 14 heavy (non-hydrogen) atoms. The van der Waals surface area contributed by atoms with Crippen LogP contribution in [-0.2, 0) is 0 Å². The second-order valence-corrected chi connectivity index (χ2v) is 3.67. The van der Waals surface area contributed by atoms with E-state index in [1.54, 1.807) is 18.2 Å². The lowest BCUT2D eigenvalue weighted by Crippen LogP contribution is -2.32. The Kier molecular flexibility index (Phi) is 3.96. The van der Waals surface area contributed by atoms with Crippen LogP contribution in [-0.4, -0.2) is 11.9 Å². The first kappa shape index (κ1) is 11.1. The van der Waals surface area contributed by atoms with E-state index in [-0.39, 0.29) is 11.9 Å². The summed E-state index contributed by atoms with van der Waals surface area (Å²) in [6, 6.07) is 7.23. The van der Waals surface area contributed by atoms with Gasteiger partial charge >= 0.3 is 0 Å². The molecule has 0 saturated heterocycles. The Morgan fingerprint density at radius 1 is 1.50 bits per heavy atom. The quantitative estimate of drug-likeness (QED) is 0.819. The summed E-state index contributed by atoms with van der Waals surface area (Å²) in [6.45, 7) is 3.99. The van der Waals surface area contributed by atoms with E-state index in [1.807, 2.05) is 19.9 Å². The molecule has 76 valence electrons. The summed E-state index contributed by atoms with van der Waals surface area (Å²) in [5.41, 5.74) is 0.537. The van der Waals surface area contributed by atoms with Crippen molar-refractivity contribution in [3.8, 4) is 0 Å². The van der Waals surface area contributed by atoms with E-state index in [0.29, 0.717) is 10.6 Å². The molecule has 0 heterocycles. The van der Waals surface area contributed by atoms with Crippen molar-refractivity contribution < 1.29 is 4.79 Å². The van der Waals surface area contributed by atoms with Crippen LogP contribution in [0.4, 0.5) is 0 Å². The van der Waals surface area contributed by atoms with Crippen molar-refractivity contribution in [2.75, 3.05) is 0 Å². The molecule has 1 N–H and O–H groups in total. The Labute approximate surface area is 89.3 Å². The third-order valence-electron chi connectivity index (χ3n) is 2.11. The molecule has 1 atom stereocenters. The molecular formula is C11H14ClNO. The van der Waals surface area contributed by atoms with Crippen molar-refractivity contribution in [3.63, 3.8) is 0 Å². The van der Waals surface area contributed by atoms with E-state index < -0.39 is 0 Å². The van der Waals surface area contributed by atoms with Crippen LogP contribution in [0.15, 0.2) is 24.3 Å². The lowest BCUT2D eigenvalue weighted by atomic mass is 10.2. The number of carbonyl (C=O) groups excluding carboxylic acids is 1. The first-order chi connectivity index (χ1) is 6.65. The van der Waals surface area contributed by atoms with Crippen LogP contribution >= 0.6 is 11.6 Å². The minimum absolute atomic E-state index is 0.107. The molecule has 2 nitrogen and oxygen atoms in total. The molecule has 1 amide bonds. The van der Waals surface area contributed by atoms with Gasteiger partial charge in [0.05, 0.1) is 10.6 Å². The van der Waals surface area contributed by atoms with Gasteiger partial charge in [-0.1, -0.05) is 30.7 Å². The number of hydrogen-bond acceptors (Lipinski definition) is 1. The molecule has 0 bridgehead atoms. The van der Waals surface area contributed by atoms with E-state index >= 15 is 0 Å². The smallest absolute Gasteiger partial charge is 0.252 e. The van der Waals surface area contributed by atoms with Crippen LogP contribution in [0.2, 0.25) is 5.02 Å². The number of nitrogens with one attached hydrogen (secondary N) is 1. The monoisotopic (exact) mass is 211 g/mol. The van der Waals surface area contributed by atoms with Crippen LogP contribution in [0.3, 0.4) is 0 Å². The van der Waals surface area contributed by atoms with Crippen LogP contribution < -0.4 is 5.32 Å². The van der Waals surface area contributed by atoms with Crippen molar-refractivity contribution in [1.29, 1.82) is 0 Å². The molecule has 0 fully saturated rings. The van der Waals surface area contributed by atoms with Gasteiger partial charge in [0.2, 0.25) is 0 Å².